The van der Waals surface area contributed by atoms with E-state index in [-0.39, 0.29) is 81.7 Å². The van der Waals surface area contributed by atoms with E-state index in [4.69, 9.17) is 0 Å². The van der Waals surface area contributed by atoms with Gasteiger partial charge in [0.15, 0.2) is 0 Å². The standard InChI is InChI=1S/2C13H12.4C12H16.11CH4/c2*1-11-7-5-6-10-13(11)12-8-3-2-4-9-12;4*1-10-6-5-9-12(10)11-7-3-2-4-8-11;;;;;;;;;;;/h2*2-10H,1H3;4*2-4,7-8,10,12H,5-6,9H2,1H3;11*1H4. The van der Waals surface area contributed by atoms with Crippen LogP contribution >= 0.6 is 0 Å². The Morgan fingerprint density at radius 1 is 0.212 bits per heavy atom. The van der Waals surface area contributed by atoms with E-state index >= 15 is 0 Å². The van der Waals surface area contributed by atoms with Crippen molar-refractivity contribution in [3.63, 3.8) is 0 Å². The lowest BCUT2D eigenvalue weighted by Crippen LogP contribution is -2.00. The highest BCUT2D eigenvalue weighted by molar-refractivity contribution is 5.67. The molecule has 0 saturated heterocycles. The molecule has 4 aliphatic carbocycles. The molecule has 0 nitrogen and oxygen atoms in total. The first-order valence-corrected chi connectivity index (χ1v) is 28.7. The van der Waals surface area contributed by atoms with Crippen molar-refractivity contribution in [3.05, 3.63) is 264 Å². The number of hydrogen-bond donors (Lipinski definition) is 0. The van der Waals surface area contributed by atoms with E-state index in [2.05, 4.69) is 260 Å². The predicted octanol–water partition coefficient (Wildman–Crippen LogP) is 28.7. The van der Waals surface area contributed by atoms with Gasteiger partial charge in [-0.3, -0.25) is 0 Å². The van der Waals surface area contributed by atoms with Gasteiger partial charge in [0.25, 0.3) is 0 Å². The molecule has 0 spiro atoms. The Kier molecular flexibility index (Phi) is 49.4. The third kappa shape index (κ3) is 27.3. The van der Waals surface area contributed by atoms with E-state index in [1.165, 1.54) is 110 Å². The molecule has 8 unspecified atom stereocenters. The molecule has 4 aliphatic rings. The van der Waals surface area contributed by atoms with Gasteiger partial charge in [-0.25, -0.2) is 0 Å². The van der Waals surface area contributed by atoms with E-state index < -0.39 is 0 Å². The highest BCUT2D eigenvalue weighted by Gasteiger charge is 2.26. The fraction of sp³-hybridized carbons (Fsp3) is 0.435. The second-order valence-corrected chi connectivity index (χ2v) is 22.1. The van der Waals surface area contributed by atoms with Crippen LogP contribution in [0.3, 0.4) is 0 Å². The Labute approximate surface area is 530 Å². The minimum Gasteiger partial charge on any atom is -0.0776 e. The van der Waals surface area contributed by atoms with E-state index in [0.29, 0.717) is 0 Å². The Morgan fingerprint density at radius 2 is 0.388 bits per heavy atom. The van der Waals surface area contributed by atoms with Crippen molar-refractivity contribution in [1.82, 2.24) is 0 Å². The van der Waals surface area contributed by atoms with E-state index in [1.54, 1.807) is 22.3 Å². The van der Waals surface area contributed by atoms with Crippen LogP contribution in [-0.2, 0) is 0 Å². The highest BCUT2D eigenvalue weighted by Crippen LogP contribution is 2.41. The fourth-order valence-corrected chi connectivity index (χ4v) is 12.4. The van der Waals surface area contributed by atoms with Gasteiger partial charge in [-0.15, -0.1) is 0 Å². The van der Waals surface area contributed by atoms with E-state index in [0.717, 1.165) is 47.3 Å². The van der Waals surface area contributed by atoms with Gasteiger partial charge < -0.3 is 0 Å². The number of hydrogen-bond acceptors (Lipinski definition) is 0. The SMILES string of the molecule is C.C.C.C.C.C.C.C.C.C.C.CC1CCCC1c1ccccc1.CC1CCCC1c1ccccc1.CC1CCCC1c1ccccc1.CC1CCCC1c1ccccc1.Cc1ccccc1-c1ccccc1.Cc1ccccc1-c1ccccc1. The molecular formula is C85H132. The van der Waals surface area contributed by atoms with Crippen LogP contribution in [0.5, 0.6) is 0 Å². The topological polar surface area (TPSA) is 0 Å². The van der Waals surface area contributed by atoms with Gasteiger partial charge in [0.05, 0.1) is 0 Å². The van der Waals surface area contributed by atoms with Gasteiger partial charge >= 0.3 is 0 Å². The van der Waals surface area contributed by atoms with Gasteiger partial charge in [0.2, 0.25) is 0 Å². The Balaban J connectivity index is -0.000000294. The Morgan fingerprint density at radius 3 is 0.565 bits per heavy atom. The van der Waals surface area contributed by atoms with Crippen LogP contribution in [0.1, 0.15) is 243 Å². The third-order valence-electron chi connectivity index (χ3n) is 16.8. The molecule has 472 valence electrons. The summed E-state index contributed by atoms with van der Waals surface area (Å²) in [6.45, 7) is 13.8. The molecule has 85 heavy (non-hydrogen) atoms. The summed E-state index contributed by atoms with van der Waals surface area (Å²) in [5, 5.41) is 0. The van der Waals surface area contributed by atoms with Crippen LogP contribution in [0, 0.1) is 37.5 Å². The summed E-state index contributed by atoms with van der Waals surface area (Å²) in [5.74, 6) is 6.94. The Bertz CT molecular complexity index is 2410. The quantitative estimate of drug-likeness (QED) is 0.156. The maximum Gasteiger partial charge on any atom is -0.0136 e. The van der Waals surface area contributed by atoms with Crippen LogP contribution in [-0.4, -0.2) is 0 Å². The van der Waals surface area contributed by atoms with Crippen molar-refractivity contribution in [3.8, 4) is 22.3 Å². The zero-order valence-corrected chi connectivity index (χ0v) is 46.0. The molecular weight excluding hydrogens is 1020 g/mol. The van der Waals surface area contributed by atoms with Crippen molar-refractivity contribution in [1.29, 1.82) is 0 Å². The van der Waals surface area contributed by atoms with Crippen LogP contribution in [0.4, 0.5) is 0 Å². The molecule has 8 aromatic rings. The molecule has 0 aromatic heterocycles. The molecule has 0 heterocycles. The molecule has 0 amide bonds. The first-order chi connectivity index (χ1) is 36.3. The minimum absolute atomic E-state index is 0. The van der Waals surface area contributed by atoms with Crippen molar-refractivity contribution in [2.24, 2.45) is 23.7 Å². The molecule has 0 heteroatoms. The minimum atomic E-state index is 0. The summed E-state index contributed by atoms with van der Waals surface area (Å²) in [7, 11) is 0. The molecule has 4 fully saturated rings. The molecule has 0 N–H and O–H groups in total. The number of rotatable bonds is 6. The lowest BCUT2D eigenvalue weighted by atomic mass is 9.90. The Hall–Kier alpha value is -6.24. The first-order valence-electron chi connectivity index (χ1n) is 28.7. The summed E-state index contributed by atoms with van der Waals surface area (Å²) in [6.07, 6.45) is 16.9. The molecule has 8 atom stereocenters. The summed E-state index contributed by atoms with van der Waals surface area (Å²) < 4.78 is 0. The second-order valence-electron chi connectivity index (χ2n) is 22.1. The zero-order chi connectivity index (χ0) is 51.7. The van der Waals surface area contributed by atoms with Gasteiger partial charge in [-0.05, 0) is 143 Å². The average molecular weight is 1150 g/mol. The number of benzene rings is 8. The molecule has 0 bridgehead atoms. The number of aryl methyl sites for hydroxylation is 2. The average Bonchev–Trinajstić information content (AvgIpc) is 4.32. The van der Waals surface area contributed by atoms with E-state index in [1.807, 2.05) is 12.1 Å². The molecule has 0 radical (unpaired) electrons. The predicted molar refractivity (Wildman–Crippen MR) is 396 cm³/mol. The maximum absolute atomic E-state index is 2.38. The van der Waals surface area contributed by atoms with Crippen LogP contribution in [0.25, 0.3) is 22.3 Å². The van der Waals surface area contributed by atoms with Crippen molar-refractivity contribution >= 4 is 0 Å². The summed E-state index contributed by atoms with van der Waals surface area (Å²) in [6, 6.07) is 81.6. The summed E-state index contributed by atoms with van der Waals surface area (Å²) >= 11 is 0. The third-order valence-corrected chi connectivity index (χ3v) is 16.8. The van der Waals surface area contributed by atoms with Crippen molar-refractivity contribution < 1.29 is 0 Å². The van der Waals surface area contributed by atoms with Crippen molar-refractivity contribution in [2.45, 2.75) is 224 Å². The summed E-state index contributed by atoms with van der Waals surface area (Å²) in [4.78, 5) is 0. The smallest absolute Gasteiger partial charge is 0.0136 e. The normalized spacial score (nSPS) is 19.5. The second kappa shape index (κ2) is 47.9. The highest BCUT2D eigenvalue weighted by atomic mass is 14.3. The van der Waals surface area contributed by atoms with Gasteiger partial charge in [0.1, 0.15) is 0 Å². The van der Waals surface area contributed by atoms with Crippen molar-refractivity contribution in [2.75, 3.05) is 0 Å². The van der Waals surface area contributed by atoms with Gasteiger partial charge in [-0.2, -0.15) is 0 Å². The lowest BCUT2D eigenvalue weighted by Gasteiger charge is -2.14. The monoisotopic (exact) mass is 1150 g/mol. The van der Waals surface area contributed by atoms with Gasteiger partial charge in [-0.1, -0.05) is 391 Å². The fourth-order valence-electron chi connectivity index (χ4n) is 12.4. The molecule has 12 rings (SSSR count). The maximum atomic E-state index is 2.38. The largest absolute Gasteiger partial charge is 0.0776 e. The van der Waals surface area contributed by atoms with Crippen LogP contribution < -0.4 is 0 Å². The van der Waals surface area contributed by atoms with Gasteiger partial charge in [0, 0.05) is 0 Å². The zero-order valence-electron chi connectivity index (χ0n) is 46.0. The first kappa shape index (κ1) is 87.5. The summed E-state index contributed by atoms with van der Waals surface area (Å²) in [5.41, 5.74) is 14.1. The molecule has 8 aromatic carbocycles. The van der Waals surface area contributed by atoms with Crippen LogP contribution in [0.15, 0.2) is 231 Å². The molecule has 0 aliphatic heterocycles. The van der Waals surface area contributed by atoms with Crippen LogP contribution in [0.2, 0.25) is 0 Å². The van der Waals surface area contributed by atoms with E-state index in [9.17, 15) is 0 Å². The molecule has 4 saturated carbocycles. The lowest BCUT2D eigenvalue weighted by molar-refractivity contribution is 0.533.